The molecule has 4 aromatic rings. The number of nitrogens with zero attached hydrogens (tertiary/aromatic N) is 13. The molecule has 692 valence electrons. The van der Waals surface area contributed by atoms with E-state index >= 15 is 4.39 Å². The Kier molecular flexibility index (Phi) is 33.9. The maximum Gasteiger partial charge on any atom is 0.407 e. The van der Waals surface area contributed by atoms with E-state index in [4.69, 9.17) is 14.5 Å². The molecule has 42 nitrogen and oxygen atoms in total. The van der Waals surface area contributed by atoms with Gasteiger partial charge in [-0.1, -0.05) is 33.3 Å². The highest BCUT2D eigenvalue weighted by molar-refractivity contribution is 6.13. The largest absolute Gasteiger partial charge is 0.458 e. The van der Waals surface area contributed by atoms with Crippen molar-refractivity contribution in [1.29, 1.82) is 0 Å². The van der Waals surface area contributed by atoms with Gasteiger partial charge in [0, 0.05) is 155 Å². The summed E-state index contributed by atoms with van der Waals surface area (Å²) in [5.41, 5.74) is 0.131. The standard InChI is InChI=1S/C85H112FN19O23/c1-17-85(126)57-32-61-78-55(34-105(61)82(123)56(57)46-127-83(85)124)76-59(25-24-53-48(4)58(86)33-60(91-78)75(53)76)92-84(125)128-45-51-22-23-52(90-79(120)49(5)89-81(122)77(47(2)3)93-62(107)21-19-18-20-30-104-64(109)26-27-65(104)110)31-54(51)80(121)88-29-28-87-63(108)35-95(8)67(112)37-97(10)69(114)39-99(12)71(116)41-101(14)73(118)43-103(16)74(119)44-102(15)72(117)42-100(13)70(115)40-98(11)68(113)38-96(9)66(111)36-94(7)50(6)106/h22-23,26-27,31-33,47,49,59,77,126H,17-21,24-25,28-30,34-46H2,1-16H3,(H,87,108)(H,88,121)(H,89,122)(H,90,120)(H,92,125)(H,93,107)/t49-,59-,77-,85-/m0/s1. The number of unbranched alkanes of at least 4 members (excludes halogenated alkanes) is 2. The molecule has 5 heterocycles. The molecule has 0 spiro atoms. The number of carbonyl (C=O) groups is 19. The van der Waals surface area contributed by atoms with Gasteiger partial charge in [-0.2, -0.15) is 0 Å². The summed E-state index contributed by atoms with van der Waals surface area (Å²) in [6.07, 6.45) is 3.13. The van der Waals surface area contributed by atoms with Crippen LogP contribution in [0.15, 0.2) is 47.3 Å². The minimum Gasteiger partial charge on any atom is -0.458 e. The molecule has 0 fully saturated rings. The number of likely N-dealkylation sites (N-methyl/N-ethyl adjacent to an activating group) is 10. The highest BCUT2D eigenvalue weighted by atomic mass is 19.1. The van der Waals surface area contributed by atoms with Gasteiger partial charge in [-0.25, -0.2) is 19.0 Å². The summed E-state index contributed by atoms with van der Waals surface area (Å²) >= 11 is 0. The van der Waals surface area contributed by atoms with E-state index in [1.807, 2.05) is 0 Å². The Morgan fingerprint density at radius 1 is 0.602 bits per heavy atom. The number of carbonyl (C=O) groups excluding carboxylic acids is 19. The molecule has 8 rings (SSSR count). The zero-order valence-corrected chi connectivity index (χ0v) is 74.7. The lowest BCUT2D eigenvalue weighted by Crippen LogP contribution is -2.53. The Labute approximate surface area is 737 Å². The molecule has 3 aliphatic heterocycles. The highest BCUT2D eigenvalue weighted by Gasteiger charge is 2.47. The van der Waals surface area contributed by atoms with Gasteiger partial charge >= 0.3 is 12.1 Å². The number of imide groups is 1. The first kappa shape index (κ1) is 99.8. The minimum absolute atomic E-state index is 0.0264. The number of cyclic esters (lactones) is 1. The number of hydrogen-bond donors (Lipinski definition) is 7. The molecule has 0 bridgehead atoms. The lowest BCUT2D eigenvalue weighted by molar-refractivity contribution is -0.172. The van der Waals surface area contributed by atoms with Crippen molar-refractivity contribution in [2.75, 3.05) is 161 Å². The van der Waals surface area contributed by atoms with Crippen LogP contribution >= 0.6 is 0 Å². The number of amides is 18. The van der Waals surface area contributed by atoms with Crippen LogP contribution in [0.25, 0.3) is 22.3 Å². The second kappa shape index (κ2) is 43.5. The fraction of sp³-hybridized carbons (Fsp3) is 0.518. The van der Waals surface area contributed by atoms with E-state index in [2.05, 4.69) is 31.9 Å². The predicted octanol–water partition coefficient (Wildman–Crippen LogP) is -2.04. The first-order valence-corrected chi connectivity index (χ1v) is 41.4. The third-order valence-corrected chi connectivity index (χ3v) is 22.7. The quantitative estimate of drug-likeness (QED) is 0.0126. The van der Waals surface area contributed by atoms with Crippen LogP contribution in [0.4, 0.5) is 14.9 Å². The van der Waals surface area contributed by atoms with Gasteiger partial charge in [0.15, 0.2) is 5.60 Å². The number of pyridine rings is 2. The minimum atomic E-state index is -2.14. The van der Waals surface area contributed by atoms with Crippen LogP contribution in [-0.4, -0.2) is 349 Å². The first-order chi connectivity index (χ1) is 60.2. The second-order valence-corrected chi connectivity index (χ2v) is 32.7. The number of aryl methyl sites for hydroxylation is 1. The molecule has 2 aromatic carbocycles. The number of nitrogens with one attached hydrogen (secondary N) is 6. The van der Waals surface area contributed by atoms with E-state index in [1.165, 1.54) is 136 Å². The molecule has 18 amide bonds. The van der Waals surface area contributed by atoms with Crippen molar-refractivity contribution in [2.45, 2.75) is 130 Å². The Bertz CT molecular complexity index is 5190. The zero-order valence-electron chi connectivity index (χ0n) is 74.7. The van der Waals surface area contributed by atoms with Gasteiger partial charge in [0.1, 0.15) is 31.1 Å². The van der Waals surface area contributed by atoms with Gasteiger partial charge in [-0.15, -0.1) is 0 Å². The molecule has 0 unspecified atom stereocenters. The van der Waals surface area contributed by atoms with Gasteiger partial charge in [-0.3, -0.25) is 91.2 Å². The van der Waals surface area contributed by atoms with E-state index in [0.717, 1.165) is 49.0 Å². The lowest BCUT2D eigenvalue weighted by Gasteiger charge is -2.31. The number of benzene rings is 2. The van der Waals surface area contributed by atoms with Crippen molar-refractivity contribution < 1.29 is 110 Å². The highest BCUT2D eigenvalue weighted by Crippen LogP contribution is 2.46. The average Bonchev–Trinajstić information content (AvgIpc) is 1.52. The monoisotopic (exact) mass is 1790 g/mol. The van der Waals surface area contributed by atoms with Gasteiger partial charge in [-0.05, 0) is 86.8 Å². The molecule has 4 atom stereocenters. The smallest absolute Gasteiger partial charge is 0.407 e. The number of rotatable bonds is 40. The summed E-state index contributed by atoms with van der Waals surface area (Å²) in [7, 11) is 13.1. The first-order valence-electron chi connectivity index (χ1n) is 41.4. The molecule has 2 aromatic heterocycles. The van der Waals surface area contributed by atoms with Crippen LogP contribution in [0.5, 0.6) is 0 Å². The van der Waals surface area contributed by atoms with Crippen LogP contribution in [0.3, 0.4) is 0 Å². The number of anilines is 1. The number of ether oxygens (including phenoxy) is 2. The number of fused-ring (bicyclic) bond motifs is 5. The molecule has 0 saturated carbocycles. The fourth-order valence-electron chi connectivity index (χ4n) is 14.4. The normalized spacial score (nSPS) is 14.9. The number of halogens is 1. The summed E-state index contributed by atoms with van der Waals surface area (Å²) in [5, 5.41) is 28.3. The molecule has 128 heavy (non-hydrogen) atoms. The molecule has 0 saturated heterocycles. The summed E-state index contributed by atoms with van der Waals surface area (Å²) in [6, 6.07) is 3.68. The van der Waals surface area contributed by atoms with E-state index < -0.39 is 213 Å². The molecule has 7 N–H and O–H groups in total. The van der Waals surface area contributed by atoms with Crippen molar-refractivity contribution in [3.8, 4) is 11.4 Å². The lowest BCUT2D eigenvalue weighted by atomic mass is 9.81. The van der Waals surface area contributed by atoms with E-state index in [-0.39, 0.29) is 116 Å². The average molecular weight is 1790 g/mol. The van der Waals surface area contributed by atoms with Gasteiger partial charge in [0.05, 0.1) is 101 Å². The number of hydrogen-bond acceptors (Lipinski definition) is 24. The van der Waals surface area contributed by atoms with Crippen molar-refractivity contribution >= 4 is 129 Å². The Morgan fingerprint density at radius 2 is 1.09 bits per heavy atom. The van der Waals surface area contributed by atoms with Crippen LogP contribution in [0.2, 0.25) is 0 Å². The van der Waals surface area contributed by atoms with E-state index in [1.54, 1.807) is 27.7 Å². The maximum absolute atomic E-state index is 15.8. The Balaban J connectivity index is 0.837. The molecular weight excluding hydrogens is 1670 g/mol. The van der Waals surface area contributed by atoms with Crippen LogP contribution in [0.1, 0.15) is 128 Å². The van der Waals surface area contributed by atoms with E-state index in [9.17, 15) is 101 Å². The molecule has 43 heteroatoms. The SMILES string of the molecule is CC[C@@]1(O)C(=O)OCc2c1cc1n(c2=O)Cc2c-1nc1cc(F)c(C)c3c1c2[C@@H](NC(=O)OCc1ccc(NC(=O)[C@H](C)NC(=O)[C@@H](NC(=O)CCCCCN2C(=O)C=CC2=O)C(C)C)cc1C(=O)NCCNC(=O)CN(C)C(=O)CN(C)C(=O)CN(C)C(=O)CN(C)C(=O)CN(C)C(=O)CN(C)C(=O)CN(C)C(=O)CN(C)C(=O)CN(C)C(=O)CN(C)C(C)=O)CC3. The molecule has 1 aliphatic carbocycles. The van der Waals surface area contributed by atoms with Crippen molar-refractivity contribution in [3.05, 3.63) is 103 Å². The van der Waals surface area contributed by atoms with Crippen molar-refractivity contribution in [1.82, 2.24) is 90.0 Å². The third-order valence-electron chi connectivity index (χ3n) is 22.7. The van der Waals surface area contributed by atoms with Crippen molar-refractivity contribution in [2.24, 2.45) is 5.92 Å². The third kappa shape index (κ3) is 24.7. The zero-order chi connectivity index (χ0) is 94.9. The van der Waals surface area contributed by atoms with Gasteiger partial charge in [0.2, 0.25) is 82.7 Å². The molecule has 4 aliphatic rings. The van der Waals surface area contributed by atoms with Gasteiger partial charge in [0.25, 0.3) is 23.3 Å². The van der Waals surface area contributed by atoms with Crippen molar-refractivity contribution in [3.63, 3.8) is 0 Å². The topological polar surface area (TPSA) is 506 Å². The summed E-state index contributed by atoms with van der Waals surface area (Å²) in [6.45, 7) is 3.09. The molecular formula is C85H112FN19O23. The van der Waals surface area contributed by atoms with Gasteiger partial charge < -0.3 is 100 Å². The Morgan fingerprint density at radius 3 is 1.59 bits per heavy atom. The van der Waals surface area contributed by atoms with Crippen LogP contribution < -0.4 is 37.5 Å². The predicted molar refractivity (Wildman–Crippen MR) is 455 cm³/mol. The number of aromatic nitrogens is 2. The molecule has 0 radical (unpaired) electrons. The summed E-state index contributed by atoms with van der Waals surface area (Å²) in [5.74, 6) is -12.4. The summed E-state index contributed by atoms with van der Waals surface area (Å²) < 4.78 is 28.3. The number of aliphatic hydroxyl groups is 1. The van der Waals surface area contributed by atoms with Crippen LogP contribution in [-0.2, 0) is 123 Å². The number of alkyl carbamates (subject to hydrolysis) is 1. The Hall–Kier alpha value is -13.6. The second-order valence-electron chi connectivity index (χ2n) is 32.7. The van der Waals surface area contributed by atoms with Crippen LogP contribution in [0, 0.1) is 18.7 Å². The maximum atomic E-state index is 15.8. The van der Waals surface area contributed by atoms with E-state index in [0.29, 0.717) is 46.9 Å². The fourth-order valence-corrected chi connectivity index (χ4v) is 14.4. The number of esters is 1. The summed E-state index contributed by atoms with van der Waals surface area (Å²) in [4.78, 5) is 279.